The molecule has 0 aliphatic heterocycles. The maximum atomic E-state index is 6.05. The standard InChI is InChI=1S/C14H15BrClNO/c1-10(7-12-3-2-6-18-12)17-9-11-4-5-13(15)14(16)8-11/h2-6,8,10,17H,7,9H2,1H3. The quantitative estimate of drug-likeness (QED) is 0.879. The van der Waals surface area contributed by atoms with Crippen molar-refractivity contribution in [3.8, 4) is 0 Å². The zero-order valence-electron chi connectivity index (χ0n) is 10.1. The number of benzene rings is 1. The lowest BCUT2D eigenvalue weighted by atomic mass is 10.1. The highest BCUT2D eigenvalue weighted by molar-refractivity contribution is 9.10. The third kappa shape index (κ3) is 3.87. The molecule has 2 nitrogen and oxygen atoms in total. The van der Waals surface area contributed by atoms with Crippen LogP contribution in [0.1, 0.15) is 18.2 Å². The normalized spacial score (nSPS) is 12.6. The number of rotatable bonds is 5. The summed E-state index contributed by atoms with van der Waals surface area (Å²) in [5.41, 5.74) is 1.18. The summed E-state index contributed by atoms with van der Waals surface area (Å²) in [5, 5.41) is 4.19. The van der Waals surface area contributed by atoms with Crippen molar-refractivity contribution in [2.24, 2.45) is 0 Å². The molecule has 1 unspecified atom stereocenters. The molecule has 0 saturated carbocycles. The molecule has 0 radical (unpaired) electrons. The van der Waals surface area contributed by atoms with E-state index >= 15 is 0 Å². The van der Waals surface area contributed by atoms with Gasteiger partial charge in [-0.15, -0.1) is 0 Å². The first-order valence-corrected chi connectivity index (χ1v) is 7.02. The number of hydrogen-bond acceptors (Lipinski definition) is 2. The van der Waals surface area contributed by atoms with Gasteiger partial charge in [0.25, 0.3) is 0 Å². The highest BCUT2D eigenvalue weighted by Gasteiger charge is 2.06. The van der Waals surface area contributed by atoms with Crippen LogP contribution in [0.3, 0.4) is 0 Å². The van der Waals surface area contributed by atoms with E-state index in [1.54, 1.807) is 6.26 Å². The molecule has 0 bridgehead atoms. The zero-order chi connectivity index (χ0) is 13.0. The number of nitrogens with one attached hydrogen (secondary N) is 1. The largest absolute Gasteiger partial charge is 0.469 e. The van der Waals surface area contributed by atoms with Crippen LogP contribution in [0.25, 0.3) is 0 Å². The van der Waals surface area contributed by atoms with Crippen LogP contribution in [0.15, 0.2) is 45.5 Å². The van der Waals surface area contributed by atoms with Crippen molar-refractivity contribution < 1.29 is 4.42 Å². The molecule has 1 aromatic carbocycles. The van der Waals surface area contributed by atoms with Crippen LogP contribution in [0, 0.1) is 0 Å². The van der Waals surface area contributed by atoms with Crippen molar-refractivity contribution in [3.05, 3.63) is 57.4 Å². The Balaban J connectivity index is 1.85. The van der Waals surface area contributed by atoms with Gasteiger partial charge in [0.15, 0.2) is 0 Å². The molecule has 2 aromatic rings. The minimum atomic E-state index is 0.360. The van der Waals surface area contributed by atoms with Gasteiger partial charge in [0.1, 0.15) is 5.76 Å². The highest BCUT2D eigenvalue weighted by Crippen LogP contribution is 2.23. The zero-order valence-corrected chi connectivity index (χ0v) is 12.5. The van der Waals surface area contributed by atoms with E-state index < -0.39 is 0 Å². The molecule has 1 aromatic heterocycles. The second-order valence-electron chi connectivity index (χ2n) is 4.31. The second-order valence-corrected chi connectivity index (χ2v) is 5.58. The SMILES string of the molecule is CC(Cc1ccco1)NCc1ccc(Br)c(Cl)c1. The lowest BCUT2D eigenvalue weighted by molar-refractivity contribution is 0.456. The summed E-state index contributed by atoms with van der Waals surface area (Å²) in [4.78, 5) is 0. The van der Waals surface area contributed by atoms with Crippen molar-refractivity contribution in [3.63, 3.8) is 0 Å². The fourth-order valence-corrected chi connectivity index (χ4v) is 2.19. The van der Waals surface area contributed by atoms with Gasteiger partial charge in [-0.2, -0.15) is 0 Å². The molecule has 2 rings (SSSR count). The Hall–Kier alpha value is -0.770. The number of hydrogen-bond donors (Lipinski definition) is 1. The van der Waals surface area contributed by atoms with Gasteiger partial charge in [-0.25, -0.2) is 0 Å². The van der Waals surface area contributed by atoms with Crippen LogP contribution in [0.4, 0.5) is 0 Å². The van der Waals surface area contributed by atoms with E-state index in [2.05, 4.69) is 34.2 Å². The van der Waals surface area contributed by atoms with E-state index in [9.17, 15) is 0 Å². The molecule has 1 atom stereocenters. The average molecular weight is 329 g/mol. The average Bonchev–Trinajstić information content (AvgIpc) is 2.83. The molecule has 0 amide bonds. The third-order valence-electron chi connectivity index (χ3n) is 2.73. The van der Waals surface area contributed by atoms with Gasteiger partial charge in [-0.05, 0) is 52.7 Å². The van der Waals surface area contributed by atoms with Gasteiger partial charge in [-0.3, -0.25) is 0 Å². The Morgan fingerprint density at radius 3 is 2.89 bits per heavy atom. The minimum Gasteiger partial charge on any atom is -0.469 e. The molecule has 1 N–H and O–H groups in total. The summed E-state index contributed by atoms with van der Waals surface area (Å²) in [6.45, 7) is 2.94. The molecule has 18 heavy (non-hydrogen) atoms. The van der Waals surface area contributed by atoms with Crippen molar-refractivity contribution in [1.29, 1.82) is 0 Å². The monoisotopic (exact) mass is 327 g/mol. The first-order valence-electron chi connectivity index (χ1n) is 5.85. The van der Waals surface area contributed by atoms with E-state index in [4.69, 9.17) is 16.0 Å². The summed E-state index contributed by atoms with van der Waals surface area (Å²) in [7, 11) is 0. The van der Waals surface area contributed by atoms with Gasteiger partial charge in [0.05, 0.1) is 11.3 Å². The van der Waals surface area contributed by atoms with Crippen LogP contribution in [-0.2, 0) is 13.0 Å². The fraction of sp³-hybridized carbons (Fsp3) is 0.286. The third-order valence-corrected chi connectivity index (χ3v) is 3.96. The Morgan fingerprint density at radius 2 is 2.22 bits per heavy atom. The van der Waals surface area contributed by atoms with Crippen LogP contribution < -0.4 is 5.32 Å². The van der Waals surface area contributed by atoms with Crippen LogP contribution in [0.5, 0.6) is 0 Å². The van der Waals surface area contributed by atoms with Gasteiger partial charge < -0.3 is 9.73 Å². The van der Waals surface area contributed by atoms with Gasteiger partial charge >= 0.3 is 0 Å². The van der Waals surface area contributed by atoms with E-state index in [-0.39, 0.29) is 0 Å². The van der Waals surface area contributed by atoms with Gasteiger partial charge in [-0.1, -0.05) is 17.7 Å². The Kier molecular flexibility index (Phi) is 4.87. The minimum absolute atomic E-state index is 0.360. The van der Waals surface area contributed by atoms with E-state index in [0.717, 1.165) is 28.2 Å². The Bertz CT molecular complexity index is 499. The molecular formula is C14H15BrClNO. The molecular weight excluding hydrogens is 314 g/mol. The molecule has 4 heteroatoms. The van der Waals surface area contributed by atoms with Crippen molar-refractivity contribution in [1.82, 2.24) is 5.32 Å². The van der Waals surface area contributed by atoms with Crippen LogP contribution in [0.2, 0.25) is 5.02 Å². The Labute approximate surface area is 120 Å². The summed E-state index contributed by atoms with van der Waals surface area (Å²) in [6, 6.07) is 10.3. The maximum absolute atomic E-state index is 6.05. The lowest BCUT2D eigenvalue weighted by Gasteiger charge is -2.12. The first kappa shape index (κ1) is 13.7. The molecule has 0 fully saturated rings. The van der Waals surface area contributed by atoms with Crippen molar-refractivity contribution in [2.75, 3.05) is 0 Å². The van der Waals surface area contributed by atoms with E-state index in [1.165, 1.54) is 5.56 Å². The lowest BCUT2D eigenvalue weighted by Crippen LogP contribution is -2.27. The molecule has 1 heterocycles. The molecule has 0 spiro atoms. The van der Waals surface area contributed by atoms with E-state index in [0.29, 0.717) is 6.04 Å². The summed E-state index contributed by atoms with van der Waals surface area (Å²) < 4.78 is 6.25. The van der Waals surface area contributed by atoms with Crippen LogP contribution >= 0.6 is 27.5 Å². The van der Waals surface area contributed by atoms with Gasteiger partial charge in [0.2, 0.25) is 0 Å². The molecule has 96 valence electrons. The predicted molar refractivity (Wildman–Crippen MR) is 77.9 cm³/mol. The van der Waals surface area contributed by atoms with Crippen molar-refractivity contribution >= 4 is 27.5 Å². The first-order chi connectivity index (χ1) is 8.65. The summed E-state index contributed by atoms with van der Waals surface area (Å²) in [5.74, 6) is 1.00. The molecule has 0 saturated heterocycles. The highest BCUT2D eigenvalue weighted by atomic mass is 79.9. The predicted octanol–water partition coefficient (Wildman–Crippen LogP) is 4.42. The van der Waals surface area contributed by atoms with E-state index in [1.807, 2.05) is 24.3 Å². The Morgan fingerprint density at radius 1 is 1.39 bits per heavy atom. The molecule has 0 aliphatic carbocycles. The maximum Gasteiger partial charge on any atom is 0.105 e. The van der Waals surface area contributed by atoms with Crippen LogP contribution in [-0.4, -0.2) is 6.04 Å². The summed E-state index contributed by atoms with van der Waals surface area (Å²) in [6.07, 6.45) is 2.59. The number of furan rings is 1. The topological polar surface area (TPSA) is 25.2 Å². The number of halogens is 2. The van der Waals surface area contributed by atoms with Gasteiger partial charge in [0, 0.05) is 23.5 Å². The summed E-state index contributed by atoms with van der Waals surface area (Å²) >= 11 is 9.44. The van der Waals surface area contributed by atoms with Crippen molar-refractivity contribution in [2.45, 2.75) is 25.9 Å². The second kappa shape index (κ2) is 6.41. The smallest absolute Gasteiger partial charge is 0.105 e. The fourth-order valence-electron chi connectivity index (χ4n) is 1.74. The molecule has 0 aliphatic rings.